The molecule has 0 unspecified atom stereocenters. The number of anilines is 2. The first-order valence-electron chi connectivity index (χ1n) is 5.02. The van der Waals surface area contributed by atoms with Gasteiger partial charge < -0.3 is 11.1 Å². The fraction of sp³-hybridized carbons (Fsp3) is 0.182. The van der Waals surface area contributed by atoms with E-state index in [-0.39, 0.29) is 0 Å². The van der Waals surface area contributed by atoms with E-state index in [9.17, 15) is 0 Å². The van der Waals surface area contributed by atoms with Crippen LogP contribution in [-0.2, 0) is 13.6 Å². The van der Waals surface area contributed by atoms with Crippen molar-refractivity contribution in [3.63, 3.8) is 0 Å². The van der Waals surface area contributed by atoms with Gasteiger partial charge in [-0.2, -0.15) is 5.10 Å². The second-order valence-corrected chi connectivity index (χ2v) is 4.54. The van der Waals surface area contributed by atoms with Gasteiger partial charge in [-0.1, -0.05) is 23.2 Å². The van der Waals surface area contributed by atoms with E-state index in [1.165, 1.54) is 0 Å². The number of halogens is 2. The largest absolute Gasteiger partial charge is 0.397 e. The van der Waals surface area contributed by atoms with Gasteiger partial charge in [-0.05, 0) is 12.1 Å². The molecule has 2 rings (SSSR count). The summed E-state index contributed by atoms with van der Waals surface area (Å²) in [4.78, 5) is 0. The molecule has 3 N–H and O–H groups in total. The predicted molar refractivity (Wildman–Crippen MR) is 71.4 cm³/mol. The normalized spacial score (nSPS) is 10.5. The minimum Gasteiger partial charge on any atom is -0.397 e. The summed E-state index contributed by atoms with van der Waals surface area (Å²) >= 11 is 11.8. The number of nitrogen functional groups attached to an aromatic ring is 1. The van der Waals surface area contributed by atoms with Crippen LogP contribution in [-0.4, -0.2) is 9.78 Å². The molecule has 0 saturated carbocycles. The van der Waals surface area contributed by atoms with Gasteiger partial charge in [-0.3, -0.25) is 4.68 Å². The Morgan fingerprint density at radius 1 is 1.35 bits per heavy atom. The van der Waals surface area contributed by atoms with Crippen LogP contribution in [0.3, 0.4) is 0 Å². The lowest BCUT2D eigenvalue weighted by Gasteiger charge is -2.09. The predicted octanol–water partition coefficient (Wildman–Crippen LogP) is 2.92. The highest BCUT2D eigenvalue weighted by atomic mass is 35.5. The molecule has 1 heterocycles. The Kier molecular flexibility index (Phi) is 3.45. The van der Waals surface area contributed by atoms with E-state index in [0.29, 0.717) is 22.3 Å². The van der Waals surface area contributed by atoms with Crippen LogP contribution < -0.4 is 11.1 Å². The highest BCUT2D eigenvalue weighted by Crippen LogP contribution is 2.30. The standard InChI is InChI=1S/C11H12Cl2N4/c1-17-6-7(5-16-17)4-15-11-3-9(13)8(12)2-10(11)14/h2-3,5-6,15H,4,14H2,1H3. The summed E-state index contributed by atoms with van der Waals surface area (Å²) in [7, 11) is 1.87. The Hall–Kier alpha value is -1.39. The zero-order chi connectivity index (χ0) is 12.4. The quantitative estimate of drug-likeness (QED) is 0.844. The molecule has 17 heavy (non-hydrogen) atoms. The SMILES string of the molecule is Cn1cc(CNc2cc(Cl)c(Cl)cc2N)cn1. The maximum Gasteiger partial charge on any atom is 0.0614 e. The summed E-state index contributed by atoms with van der Waals surface area (Å²) in [6.45, 7) is 0.635. The number of nitrogens with two attached hydrogens (primary N) is 1. The second-order valence-electron chi connectivity index (χ2n) is 3.73. The second kappa shape index (κ2) is 4.85. The Balaban J connectivity index is 2.11. The maximum absolute atomic E-state index is 5.93. The van der Waals surface area contributed by atoms with Crippen molar-refractivity contribution in [1.82, 2.24) is 9.78 Å². The van der Waals surface area contributed by atoms with E-state index in [4.69, 9.17) is 28.9 Å². The van der Waals surface area contributed by atoms with Gasteiger partial charge >= 0.3 is 0 Å². The van der Waals surface area contributed by atoms with E-state index >= 15 is 0 Å². The summed E-state index contributed by atoms with van der Waals surface area (Å²) in [5.41, 5.74) is 8.24. The molecule has 1 aromatic carbocycles. The number of benzene rings is 1. The molecule has 0 fully saturated rings. The fourth-order valence-corrected chi connectivity index (χ4v) is 1.81. The monoisotopic (exact) mass is 270 g/mol. The summed E-state index contributed by atoms with van der Waals surface area (Å²) in [5, 5.41) is 8.21. The van der Waals surface area contributed by atoms with Gasteiger partial charge in [0.15, 0.2) is 0 Å². The Labute approximate surface area is 109 Å². The van der Waals surface area contributed by atoms with Crippen LogP contribution in [0, 0.1) is 0 Å². The van der Waals surface area contributed by atoms with Crippen LogP contribution in [0.4, 0.5) is 11.4 Å². The van der Waals surface area contributed by atoms with Crippen molar-refractivity contribution in [2.24, 2.45) is 7.05 Å². The van der Waals surface area contributed by atoms with Crippen LogP contribution in [0.1, 0.15) is 5.56 Å². The van der Waals surface area contributed by atoms with Gasteiger partial charge in [0.2, 0.25) is 0 Å². The van der Waals surface area contributed by atoms with E-state index in [1.807, 2.05) is 13.2 Å². The third-order valence-electron chi connectivity index (χ3n) is 2.33. The van der Waals surface area contributed by atoms with Crippen LogP contribution >= 0.6 is 23.2 Å². The molecule has 0 aliphatic heterocycles. The van der Waals surface area contributed by atoms with Crippen molar-refractivity contribution in [1.29, 1.82) is 0 Å². The van der Waals surface area contributed by atoms with Gasteiger partial charge in [0.05, 0.1) is 27.6 Å². The first-order valence-corrected chi connectivity index (χ1v) is 5.78. The molecule has 2 aromatic rings. The summed E-state index contributed by atoms with van der Waals surface area (Å²) < 4.78 is 1.75. The van der Waals surface area contributed by atoms with Crippen LogP contribution in [0.5, 0.6) is 0 Å². The Morgan fingerprint density at radius 3 is 2.71 bits per heavy atom. The fourth-order valence-electron chi connectivity index (χ4n) is 1.48. The average molecular weight is 271 g/mol. The molecule has 0 bridgehead atoms. The Bertz CT molecular complexity index is 536. The van der Waals surface area contributed by atoms with Crippen LogP contribution in [0.2, 0.25) is 10.0 Å². The third kappa shape index (κ3) is 2.84. The molecule has 1 aromatic heterocycles. The minimum atomic E-state index is 0.455. The highest BCUT2D eigenvalue weighted by molar-refractivity contribution is 6.42. The molecule has 0 atom stereocenters. The smallest absolute Gasteiger partial charge is 0.0614 e. The maximum atomic E-state index is 5.93. The van der Waals surface area contributed by atoms with Crippen molar-refractivity contribution < 1.29 is 0 Å². The van der Waals surface area contributed by atoms with Crippen molar-refractivity contribution in [3.8, 4) is 0 Å². The lowest BCUT2D eigenvalue weighted by atomic mass is 10.2. The first-order chi connectivity index (χ1) is 8.06. The van der Waals surface area contributed by atoms with Gasteiger partial charge in [-0.15, -0.1) is 0 Å². The van der Waals surface area contributed by atoms with E-state index < -0.39 is 0 Å². The van der Waals surface area contributed by atoms with Crippen molar-refractivity contribution >= 4 is 34.6 Å². The van der Waals surface area contributed by atoms with Gasteiger partial charge in [0.25, 0.3) is 0 Å². The molecule has 6 heteroatoms. The van der Waals surface area contributed by atoms with Crippen LogP contribution in [0.25, 0.3) is 0 Å². The number of hydrogen-bond acceptors (Lipinski definition) is 3. The number of nitrogens with zero attached hydrogens (tertiary/aromatic N) is 2. The van der Waals surface area contributed by atoms with E-state index in [0.717, 1.165) is 11.3 Å². The zero-order valence-corrected chi connectivity index (χ0v) is 10.8. The Morgan fingerprint density at radius 2 is 2.06 bits per heavy atom. The molecular weight excluding hydrogens is 259 g/mol. The van der Waals surface area contributed by atoms with E-state index in [1.54, 1.807) is 23.0 Å². The molecule has 0 radical (unpaired) electrons. The number of rotatable bonds is 3. The topological polar surface area (TPSA) is 55.9 Å². The average Bonchev–Trinajstić information content (AvgIpc) is 2.68. The number of aromatic nitrogens is 2. The van der Waals surface area contributed by atoms with Crippen molar-refractivity contribution in [3.05, 3.63) is 40.1 Å². The molecule has 90 valence electrons. The summed E-state index contributed by atoms with van der Waals surface area (Å²) in [6.07, 6.45) is 3.72. The number of nitrogens with one attached hydrogen (secondary N) is 1. The zero-order valence-electron chi connectivity index (χ0n) is 9.24. The highest BCUT2D eigenvalue weighted by Gasteiger charge is 2.05. The van der Waals surface area contributed by atoms with Gasteiger partial charge in [0, 0.05) is 25.4 Å². The van der Waals surface area contributed by atoms with E-state index in [2.05, 4.69) is 10.4 Å². The number of aryl methyl sites for hydroxylation is 1. The summed E-state index contributed by atoms with van der Waals surface area (Å²) in [6, 6.07) is 3.35. The van der Waals surface area contributed by atoms with Gasteiger partial charge in [0.1, 0.15) is 0 Å². The molecular formula is C11H12Cl2N4. The van der Waals surface area contributed by atoms with Crippen molar-refractivity contribution in [2.75, 3.05) is 11.1 Å². The molecule has 0 spiro atoms. The first kappa shape index (κ1) is 12.1. The molecule has 4 nitrogen and oxygen atoms in total. The third-order valence-corrected chi connectivity index (χ3v) is 3.06. The lowest BCUT2D eigenvalue weighted by Crippen LogP contribution is -2.02. The summed E-state index contributed by atoms with van der Waals surface area (Å²) in [5.74, 6) is 0. The molecule has 0 aliphatic carbocycles. The molecule has 0 amide bonds. The lowest BCUT2D eigenvalue weighted by molar-refractivity contribution is 0.767. The molecule has 0 saturated heterocycles. The van der Waals surface area contributed by atoms with Crippen molar-refractivity contribution in [2.45, 2.75) is 6.54 Å². The number of hydrogen-bond donors (Lipinski definition) is 2. The minimum absolute atomic E-state index is 0.455. The molecule has 0 aliphatic rings. The van der Waals surface area contributed by atoms with Gasteiger partial charge in [-0.25, -0.2) is 0 Å². The van der Waals surface area contributed by atoms with Crippen LogP contribution in [0.15, 0.2) is 24.5 Å².